The summed E-state index contributed by atoms with van der Waals surface area (Å²) < 4.78 is 24.6. The lowest BCUT2D eigenvalue weighted by molar-refractivity contribution is 0.269. The number of anilines is 1. The highest BCUT2D eigenvalue weighted by Gasteiger charge is 2.35. The number of rotatable bonds is 6. The third-order valence-electron chi connectivity index (χ3n) is 4.08. The molecule has 1 aromatic rings. The number of hydrogen-bond donors (Lipinski definition) is 1. The van der Waals surface area contributed by atoms with Crippen molar-refractivity contribution in [3.63, 3.8) is 0 Å². The van der Waals surface area contributed by atoms with Crippen LogP contribution in [0.15, 0.2) is 29.2 Å². The highest BCUT2D eigenvalue weighted by Crippen LogP contribution is 2.39. The second kappa shape index (κ2) is 5.53. The largest absolute Gasteiger partial charge is 0.379 e. The molecule has 1 aliphatic rings. The number of sulfone groups is 1. The summed E-state index contributed by atoms with van der Waals surface area (Å²) in [7, 11) is -3.17. The molecule has 106 valence electrons. The van der Waals surface area contributed by atoms with Gasteiger partial charge in [0.25, 0.3) is 0 Å². The molecule has 0 saturated heterocycles. The SMILES string of the molecule is CCCS(=O)(=O)c1ccccc1NC1(CC)CCC1. The molecule has 1 saturated carbocycles. The molecule has 0 aromatic heterocycles. The molecular formula is C15H23NO2S. The molecule has 0 spiro atoms. The predicted octanol–water partition coefficient (Wildman–Crippen LogP) is 3.61. The fraction of sp³-hybridized carbons (Fsp3) is 0.600. The van der Waals surface area contributed by atoms with E-state index in [4.69, 9.17) is 0 Å². The van der Waals surface area contributed by atoms with Crippen LogP contribution in [0.3, 0.4) is 0 Å². The van der Waals surface area contributed by atoms with E-state index in [-0.39, 0.29) is 11.3 Å². The van der Waals surface area contributed by atoms with E-state index < -0.39 is 9.84 Å². The van der Waals surface area contributed by atoms with Crippen LogP contribution < -0.4 is 5.32 Å². The molecule has 0 amide bonds. The van der Waals surface area contributed by atoms with Gasteiger partial charge in [0.2, 0.25) is 0 Å². The van der Waals surface area contributed by atoms with Gasteiger partial charge in [-0.15, -0.1) is 0 Å². The van der Waals surface area contributed by atoms with Crippen molar-refractivity contribution < 1.29 is 8.42 Å². The zero-order chi connectivity index (χ0) is 13.9. The van der Waals surface area contributed by atoms with Gasteiger partial charge in [0.05, 0.1) is 16.3 Å². The van der Waals surface area contributed by atoms with Gasteiger partial charge >= 0.3 is 0 Å². The first kappa shape index (κ1) is 14.4. The van der Waals surface area contributed by atoms with E-state index in [0.29, 0.717) is 11.3 Å². The van der Waals surface area contributed by atoms with Crippen molar-refractivity contribution in [3.05, 3.63) is 24.3 Å². The van der Waals surface area contributed by atoms with E-state index in [1.807, 2.05) is 19.1 Å². The van der Waals surface area contributed by atoms with Gasteiger partial charge in [0.1, 0.15) is 0 Å². The van der Waals surface area contributed by atoms with E-state index in [1.165, 1.54) is 6.42 Å². The zero-order valence-corrected chi connectivity index (χ0v) is 12.6. The van der Waals surface area contributed by atoms with E-state index >= 15 is 0 Å². The molecule has 1 N–H and O–H groups in total. The number of nitrogens with one attached hydrogen (secondary N) is 1. The Morgan fingerprint density at radius 3 is 2.42 bits per heavy atom. The van der Waals surface area contributed by atoms with Crippen molar-refractivity contribution in [2.75, 3.05) is 11.1 Å². The van der Waals surface area contributed by atoms with Gasteiger partial charge in [0.15, 0.2) is 9.84 Å². The van der Waals surface area contributed by atoms with Gasteiger partial charge < -0.3 is 5.32 Å². The zero-order valence-electron chi connectivity index (χ0n) is 11.8. The van der Waals surface area contributed by atoms with E-state index in [2.05, 4.69) is 12.2 Å². The number of hydrogen-bond acceptors (Lipinski definition) is 3. The Bertz CT molecular complexity index is 527. The average Bonchev–Trinajstić information content (AvgIpc) is 2.34. The number of benzene rings is 1. The molecule has 1 aromatic carbocycles. The molecule has 1 aliphatic carbocycles. The van der Waals surface area contributed by atoms with Crippen molar-refractivity contribution in [1.29, 1.82) is 0 Å². The van der Waals surface area contributed by atoms with Crippen LogP contribution in [0.2, 0.25) is 0 Å². The lowest BCUT2D eigenvalue weighted by atomic mass is 9.74. The molecule has 0 unspecified atom stereocenters. The van der Waals surface area contributed by atoms with Crippen molar-refractivity contribution in [2.45, 2.75) is 56.4 Å². The first-order chi connectivity index (χ1) is 9.03. The van der Waals surface area contributed by atoms with Crippen LogP contribution in [-0.2, 0) is 9.84 Å². The Kier molecular flexibility index (Phi) is 4.19. The normalized spacial score (nSPS) is 17.8. The van der Waals surface area contributed by atoms with Crippen LogP contribution in [0.4, 0.5) is 5.69 Å². The Balaban J connectivity index is 2.31. The van der Waals surface area contributed by atoms with Crippen LogP contribution in [0.25, 0.3) is 0 Å². The van der Waals surface area contributed by atoms with Gasteiger partial charge in [-0.1, -0.05) is 26.0 Å². The third kappa shape index (κ3) is 2.94. The van der Waals surface area contributed by atoms with E-state index in [9.17, 15) is 8.42 Å². The minimum absolute atomic E-state index is 0.109. The van der Waals surface area contributed by atoms with E-state index in [1.54, 1.807) is 12.1 Å². The van der Waals surface area contributed by atoms with Gasteiger partial charge in [-0.05, 0) is 44.2 Å². The standard InChI is InChI=1S/C15H23NO2S/c1-3-12-19(17,18)14-9-6-5-8-13(14)16-15(4-2)10-7-11-15/h5-6,8-9,16H,3-4,7,10-12H2,1-2H3. The Morgan fingerprint density at radius 2 is 1.89 bits per heavy atom. The van der Waals surface area contributed by atoms with Gasteiger partial charge in [0, 0.05) is 5.54 Å². The summed E-state index contributed by atoms with van der Waals surface area (Å²) >= 11 is 0. The van der Waals surface area contributed by atoms with E-state index in [0.717, 1.165) is 24.9 Å². The molecule has 3 nitrogen and oxygen atoms in total. The summed E-state index contributed by atoms with van der Waals surface area (Å²) in [6.45, 7) is 4.06. The fourth-order valence-corrected chi connectivity index (χ4v) is 4.17. The smallest absolute Gasteiger partial charge is 0.180 e. The van der Waals surface area contributed by atoms with Crippen molar-refractivity contribution in [1.82, 2.24) is 0 Å². The monoisotopic (exact) mass is 281 g/mol. The lowest BCUT2D eigenvalue weighted by Crippen LogP contribution is -2.44. The summed E-state index contributed by atoms with van der Waals surface area (Å²) in [6.07, 6.45) is 5.17. The summed E-state index contributed by atoms with van der Waals surface area (Å²) in [5.74, 6) is 0.213. The topological polar surface area (TPSA) is 46.2 Å². The van der Waals surface area contributed by atoms with Crippen molar-refractivity contribution >= 4 is 15.5 Å². The summed E-state index contributed by atoms with van der Waals surface area (Å²) in [5, 5.41) is 3.50. The lowest BCUT2D eigenvalue weighted by Gasteiger charge is -2.43. The molecule has 0 radical (unpaired) electrons. The molecule has 0 atom stereocenters. The van der Waals surface area contributed by atoms with Crippen LogP contribution >= 0.6 is 0 Å². The number of para-hydroxylation sites is 1. The third-order valence-corrected chi connectivity index (χ3v) is 6.05. The quantitative estimate of drug-likeness (QED) is 0.866. The minimum atomic E-state index is -3.17. The van der Waals surface area contributed by atoms with Crippen LogP contribution in [0.5, 0.6) is 0 Å². The van der Waals surface area contributed by atoms with Gasteiger partial charge in [-0.25, -0.2) is 8.42 Å². The highest BCUT2D eigenvalue weighted by molar-refractivity contribution is 7.91. The Morgan fingerprint density at radius 1 is 1.21 bits per heavy atom. The molecule has 1 fully saturated rings. The van der Waals surface area contributed by atoms with Crippen molar-refractivity contribution in [3.8, 4) is 0 Å². The second-order valence-corrected chi connectivity index (χ2v) is 7.51. The Labute approximate surface area is 116 Å². The molecular weight excluding hydrogens is 258 g/mol. The molecule has 4 heteroatoms. The molecule has 2 rings (SSSR count). The maximum Gasteiger partial charge on any atom is 0.180 e. The van der Waals surface area contributed by atoms with Crippen LogP contribution in [0, 0.1) is 0 Å². The maximum absolute atomic E-state index is 12.3. The second-order valence-electron chi connectivity index (χ2n) is 5.43. The summed E-state index contributed by atoms with van der Waals surface area (Å²) in [5.41, 5.74) is 0.884. The van der Waals surface area contributed by atoms with Gasteiger partial charge in [-0.2, -0.15) is 0 Å². The van der Waals surface area contributed by atoms with Gasteiger partial charge in [-0.3, -0.25) is 0 Å². The Hall–Kier alpha value is -1.03. The van der Waals surface area contributed by atoms with Crippen LogP contribution in [-0.4, -0.2) is 19.7 Å². The molecule has 0 aliphatic heterocycles. The predicted molar refractivity (Wildman–Crippen MR) is 79.3 cm³/mol. The first-order valence-electron chi connectivity index (χ1n) is 7.13. The minimum Gasteiger partial charge on any atom is -0.379 e. The maximum atomic E-state index is 12.3. The molecule has 19 heavy (non-hydrogen) atoms. The summed E-state index contributed by atoms with van der Waals surface area (Å²) in [4.78, 5) is 0.455. The highest BCUT2D eigenvalue weighted by atomic mass is 32.2. The van der Waals surface area contributed by atoms with Crippen LogP contribution in [0.1, 0.15) is 46.0 Å². The first-order valence-corrected chi connectivity index (χ1v) is 8.78. The average molecular weight is 281 g/mol. The fourth-order valence-electron chi connectivity index (χ4n) is 2.68. The van der Waals surface area contributed by atoms with Crippen molar-refractivity contribution in [2.24, 2.45) is 0 Å². The molecule has 0 bridgehead atoms. The molecule has 0 heterocycles. The summed E-state index contributed by atoms with van der Waals surface area (Å²) in [6, 6.07) is 7.30.